The second-order valence-electron chi connectivity index (χ2n) is 2.22. The van der Waals surface area contributed by atoms with Gasteiger partial charge in [0.1, 0.15) is 5.82 Å². The highest BCUT2D eigenvalue weighted by Crippen LogP contribution is 2.06. The molecule has 74 valence electrons. The minimum Gasteiger partial charge on any atom is -0.384 e. The summed E-state index contributed by atoms with van der Waals surface area (Å²) in [4.78, 5) is 0. The molecule has 0 radical (unpaired) electrons. The number of rotatable bonds is 3. The first-order valence-electron chi connectivity index (χ1n) is 4.52. The lowest BCUT2D eigenvalue weighted by Gasteiger charge is -2.02. The lowest BCUT2D eigenvalue weighted by molar-refractivity contribution is 0.628. The van der Waals surface area contributed by atoms with Crippen LogP contribution in [0.5, 0.6) is 0 Å². The van der Waals surface area contributed by atoms with Gasteiger partial charge in [0.05, 0.1) is 0 Å². The normalized spacial score (nSPS) is 8.62. The number of hydrogen-bond donors (Lipinski definition) is 2. The molecule has 0 saturated carbocycles. The number of halogens is 1. The van der Waals surface area contributed by atoms with Gasteiger partial charge in [-0.1, -0.05) is 13.8 Å². The van der Waals surface area contributed by atoms with E-state index < -0.39 is 0 Å². The second kappa shape index (κ2) is 7.55. The molecule has 2 nitrogen and oxygen atoms in total. The summed E-state index contributed by atoms with van der Waals surface area (Å²) in [7, 11) is 0. The molecule has 0 saturated heterocycles. The Morgan fingerprint density at radius 3 is 2.23 bits per heavy atom. The van der Waals surface area contributed by atoms with Crippen molar-refractivity contribution in [2.24, 2.45) is 5.73 Å². The van der Waals surface area contributed by atoms with Crippen molar-refractivity contribution in [3.8, 4) is 0 Å². The summed E-state index contributed by atoms with van der Waals surface area (Å²) in [6.45, 7) is 5.29. The summed E-state index contributed by atoms with van der Waals surface area (Å²) in [5.41, 5.74) is 6.17. The fraction of sp³-hybridized carbons (Fsp3) is 0.400. The lowest BCUT2D eigenvalue weighted by atomic mass is 10.3. The Hall–Kier alpha value is -1.09. The van der Waals surface area contributed by atoms with Crippen molar-refractivity contribution >= 4 is 5.69 Å². The molecule has 0 spiro atoms. The van der Waals surface area contributed by atoms with Crippen molar-refractivity contribution < 1.29 is 4.39 Å². The molecule has 0 heterocycles. The molecule has 0 amide bonds. The van der Waals surface area contributed by atoms with Crippen LogP contribution >= 0.6 is 0 Å². The quantitative estimate of drug-likeness (QED) is 0.756. The van der Waals surface area contributed by atoms with E-state index in [1.165, 1.54) is 12.1 Å². The van der Waals surface area contributed by atoms with Crippen LogP contribution in [0.1, 0.15) is 13.8 Å². The third-order valence-corrected chi connectivity index (χ3v) is 1.32. The molecule has 0 bridgehead atoms. The van der Waals surface area contributed by atoms with Gasteiger partial charge in [0.15, 0.2) is 0 Å². The zero-order chi connectivity index (χ0) is 10.1. The number of nitrogens with two attached hydrogens (primary N) is 1. The number of nitrogens with one attached hydrogen (secondary N) is 1. The second-order valence-corrected chi connectivity index (χ2v) is 2.22. The van der Waals surface area contributed by atoms with Gasteiger partial charge in [-0.2, -0.15) is 0 Å². The fourth-order valence-corrected chi connectivity index (χ4v) is 0.784. The Morgan fingerprint density at radius 1 is 1.23 bits per heavy atom. The largest absolute Gasteiger partial charge is 0.384 e. The van der Waals surface area contributed by atoms with Gasteiger partial charge in [-0.3, -0.25) is 0 Å². The molecule has 0 atom stereocenters. The topological polar surface area (TPSA) is 38.0 Å². The highest BCUT2D eigenvalue weighted by atomic mass is 19.1. The van der Waals surface area contributed by atoms with Gasteiger partial charge in [0.25, 0.3) is 0 Å². The summed E-state index contributed by atoms with van der Waals surface area (Å²) in [6, 6.07) is 6.20. The van der Waals surface area contributed by atoms with Crippen molar-refractivity contribution in [2.75, 3.05) is 18.4 Å². The van der Waals surface area contributed by atoms with E-state index in [-0.39, 0.29) is 5.82 Å². The molecular weight excluding hydrogens is 167 g/mol. The molecule has 0 fully saturated rings. The van der Waals surface area contributed by atoms with Crippen molar-refractivity contribution in [1.82, 2.24) is 0 Å². The molecule has 1 aromatic carbocycles. The highest BCUT2D eigenvalue weighted by molar-refractivity contribution is 5.42. The summed E-state index contributed by atoms with van der Waals surface area (Å²) < 4.78 is 12.4. The zero-order valence-corrected chi connectivity index (χ0v) is 8.18. The summed E-state index contributed by atoms with van der Waals surface area (Å²) in [5, 5.41) is 3.03. The predicted octanol–water partition coefficient (Wildman–Crippen LogP) is 2.22. The van der Waals surface area contributed by atoms with Gasteiger partial charge in [-0.05, 0) is 24.3 Å². The van der Waals surface area contributed by atoms with Crippen molar-refractivity contribution in [3.05, 3.63) is 30.1 Å². The molecular formula is C10H17FN2. The van der Waals surface area contributed by atoms with Gasteiger partial charge in [0, 0.05) is 18.8 Å². The molecule has 13 heavy (non-hydrogen) atoms. The summed E-state index contributed by atoms with van der Waals surface area (Å²) in [5.74, 6) is -0.219. The number of hydrogen-bond acceptors (Lipinski definition) is 2. The van der Waals surface area contributed by atoms with Gasteiger partial charge < -0.3 is 11.1 Å². The van der Waals surface area contributed by atoms with Crippen molar-refractivity contribution in [1.29, 1.82) is 0 Å². The van der Waals surface area contributed by atoms with Crippen LogP contribution < -0.4 is 11.1 Å². The van der Waals surface area contributed by atoms with Gasteiger partial charge in [0.2, 0.25) is 0 Å². The third kappa shape index (κ3) is 5.20. The Kier molecular flexibility index (Phi) is 6.92. The maximum atomic E-state index is 12.4. The highest BCUT2D eigenvalue weighted by Gasteiger charge is 1.89. The molecule has 1 rings (SSSR count). The third-order valence-electron chi connectivity index (χ3n) is 1.32. The van der Waals surface area contributed by atoms with E-state index in [9.17, 15) is 4.39 Å². The van der Waals surface area contributed by atoms with Crippen LogP contribution in [-0.2, 0) is 0 Å². The van der Waals surface area contributed by atoms with Gasteiger partial charge in [-0.15, -0.1) is 0 Å². The molecule has 0 aliphatic carbocycles. The Labute approximate surface area is 79.0 Å². The molecule has 0 aromatic heterocycles. The smallest absolute Gasteiger partial charge is 0.123 e. The average molecular weight is 184 g/mol. The van der Waals surface area contributed by atoms with E-state index in [1.54, 1.807) is 12.1 Å². The molecule has 0 aliphatic rings. The molecule has 0 unspecified atom stereocenters. The van der Waals surface area contributed by atoms with Crippen LogP contribution in [-0.4, -0.2) is 13.1 Å². The average Bonchev–Trinajstić information content (AvgIpc) is 2.20. The number of anilines is 1. The van der Waals surface area contributed by atoms with Crippen LogP contribution in [0, 0.1) is 5.82 Å². The first-order valence-corrected chi connectivity index (χ1v) is 4.52. The Bertz CT molecular complexity index is 209. The monoisotopic (exact) mass is 184 g/mol. The maximum absolute atomic E-state index is 12.4. The Morgan fingerprint density at radius 2 is 1.77 bits per heavy atom. The predicted molar refractivity (Wildman–Crippen MR) is 55.3 cm³/mol. The number of benzene rings is 1. The van der Waals surface area contributed by atoms with E-state index in [1.807, 2.05) is 13.8 Å². The van der Waals surface area contributed by atoms with Crippen molar-refractivity contribution in [3.63, 3.8) is 0 Å². The molecule has 3 heteroatoms. The van der Waals surface area contributed by atoms with E-state index in [0.717, 1.165) is 5.69 Å². The maximum Gasteiger partial charge on any atom is 0.123 e. The minimum atomic E-state index is -0.219. The fourth-order valence-electron chi connectivity index (χ4n) is 0.784. The standard InChI is InChI=1S/C8H11FN2.C2H6/c9-7-1-3-8(4-2-7)11-6-5-10;1-2/h1-4,11H,5-6,10H2;1-2H3. The van der Waals surface area contributed by atoms with Gasteiger partial charge in [-0.25, -0.2) is 4.39 Å². The zero-order valence-electron chi connectivity index (χ0n) is 8.18. The molecule has 0 aliphatic heterocycles. The van der Waals surface area contributed by atoms with Gasteiger partial charge >= 0.3 is 0 Å². The van der Waals surface area contributed by atoms with E-state index >= 15 is 0 Å². The van der Waals surface area contributed by atoms with Crippen LogP contribution in [0.25, 0.3) is 0 Å². The van der Waals surface area contributed by atoms with Crippen LogP contribution in [0.3, 0.4) is 0 Å². The van der Waals surface area contributed by atoms with Crippen LogP contribution in [0.4, 0.5) is 10.1 Å². The van der Waals surface area contributed by atoms with E-state index in [0.29, 0.717) is 13.1 Å². The molecule has 1 aromatic rings. The van der Waals surface area contributed by atoms with E-state index in [2.05, 4.69) is 5.32 Å². The summed E-state index contributed by atoms with van der Waals surface area (Å²) >= 11 is 0. The molecule has 3 N–H and O–H groups in total. The lowest BCUT2D eigenvalue weighted by Crippen LogP contribution is -2.12. The van der Waals surface area contributed by atoms with Crippen LogP contribution in [0.2, 0.25) is 0 Å². The van der Waals surface area contributed by atoms with Crippen molar-refractivity contribution in [2.45, 2.75) is 13.8 Å². The van der Waals surface area contributed by atoms with Crippen LogP contribution in [0.15, 0.2) is 24.3 Å². The summed E-state index contributed by atoms with van der Waals surface area (Å²) in [6.07, 6.45) is 0. The first-order chi connectivity index (χ1) is 6.33. The Balaban J connectivity index is 0.000000671. The van der Waals surface area contributed by atoms with E-state index in [4.69, 9.17) is 5.73 Å². The first kappa shape index (κ1) is 11.9. The minimum absolute atomic E-state index is 0.219. The SMILES string of the molecule is CC.NCCNc1ccc(F)cc1.